The Bertz CT molecular complexity index is 152. The molecule has 4 nitrogen and oxygen atoms in total. The van der Waals surface area contributed by atoms with Gasteiger partial charge in [0.05, 0.1) is 0 Å². The average molecular weight is 177 g/mol. The number of halogens is 1. The highest BCUT2D eigenvalue weighted by molar-refractivity contribution is 5.82. The summed E-state index contributed by atoms with van der Waals surface area (Å²) in [6.45, 7) is 2.42. The lowest BCUT2D eigenvalue weighted by Gasteiger charge is -2.18. The van der Waals surface area contributed by atoms with Crippen LogP contribution in [-0.4, -0.2) is 42.8 Å². The molecule has 0 aliphatic heterocycles. The molecular formula is C7H16FN3O. The van der Waals surface area contributed by atoms with Crippen molar-refractivity contribution in [3.63, 3.8) is 0 Å². The van der Waals surface area contributed by atoms with Crippen LogP contribution in [0.2, 0.25) is 0 Å². The van der Waals surface area contributed by atoms with Gasteiger partial charge >= 0.3 is 0 Å². The maximum Gasteiger partial charge on any atom is 0.143 e. The lowest BCUT2D eigenvalue weighted by molar-refractivity contribution is 0.274. The Labute approximate surface area is 71.8 Å². The molecule has 0 radical (unpaired) electrons. The van der Waals surface area contributed by atoms with Gasteiger partial charge in [0.1, 0.15) is 12.5 Å². The van der Waals surface area contributed by atoms with Crippen LogP contribution in [0.3, 0.4) is 0 Å². The lowest BCUT2D eigenvalue weighted by atomic mass is 10.1. The van der Waals surface area contributed by atoms with E-state index in [4.69, 9.17) is 10.9 Å². The van der Waals surface area contributed by atoms with Gasteiger partial charge in [-0.05, 0) is 7.05 Å². The van der Waals surface area contributed by atoms with E-state index in [2.05, 4.69) is 5.16 Å². The van der Waals surface area contributed by atoms with Gasteiger partial charge in [-0.2, -0.15) is 0 Å². The summed E-state index contributed by atoms with van der Waals surface area (Å²) >= 11 is 0. The number of hydrogen-bond acceptors (Lipinski definition) is 3. The first-order chi connectivity index (χ1) is 5.61. The maximum atomic E-state index is 11.8. The third-order valence-corrected chi connectivity index (χ3v) is 1.67. The van der Waals surface area contributed by atoms with Crippen LogP contribution in [0.25, 0.3) is 0 Å². The van der Waals surface area contributed by atoms with E-state index < -0.39 is 0 Å². The molecule has 0 fully saturated rings. The summed E-state index contributed by atoms with van der Waals surface area (Å²) in [5.74, 6) is 0.132. The van der Waals surface area contributed by atoms with Crippen molar-refractivity contribution in [2.45, 2.75) is 6.92 Å². The second-order valence-corrected chi connectivity index (χ2v) is 2.88. The van der Waals surface area contributed by atoms with Gasteiger partial charge in [-0.15, -0.1) is 0 Å². The van der Waals surface area contributed by atoms with Crippen molar-refractivity contribution in [1.82, 2.24) is 4.90 Å². The molecule has 0 saturated heterocycles. The Morgan fingerprint density at radius 3 is 2.75 bits per heavy atom. The van der Waals surface area contributed by atoms with Gasteiger partial charge in [0, 0.05) is 19.0 Å². The fourth-order valence-electron chi connectivity index (χ4n) is 0.895. The molecule has 1 unspecified atom stereocenters. The van der Waals surface area contributed by atoms with Crippen LogP contribution >= 0.6 is 0 Å². The van der Waals surface area contributed by atoms with Crippen molar-refractivity contribution < 1.29 is 9.60 Å². The number of nitrogens with zero attached hydrogens (tertiary/aromatic N) is 2. The van der Waals surface area contributed by atoms with Crippen LogP contribution in [0.1, 0.15) is 6.92 Å². The van der Waals surface area contributed by atoms with Crippen molar-refractivity contribution in [3.05, 3.63) is 0 Å². The van der Waals surface area contributed by atoms with Gasteiger partial charge in [0.25, 0.3) is 0 Å². The highest BCUT2D eigenvalue weighted by atomic mass is 19.1. The maximum absolute atomic E-state index is 11.8. The molecule has 0 aromatic rings. The number of nitrogens with two attached hydrogens (primary N) is 1. The van der Waals surface area contributed by atoms with E-state index in [1.807, 2.05) is 6.92 Å². The average Bonchev–Trinajstić information content (AvgIpc) is 2.03. The molecule has 3 N–H and O–H groups in total. The first-order valence-electron chi connectivity index (χ1n) is 3.83. The van der Waals surface area contributed by atoms with Crippen LogP contribution in [-0.2, 0) is 0 Å². The van der Waals surface area contributed by atoms with Gasteiger partial charge in [-0.25, -0.2) is 4.39 Å². The molecule has 0 bridgehead atoms. The summed E-state index contributed by atoms with van der Waals surface area (Å²) in [6, 6.07) is 0. The summed E-state index contributed by atoms with van der Waals surface area (Å²) < 4.78 is 11.8. The zero-order valence-corrected chi connectivity index (χ0v) is 7.50. The Morgan fingerprint density at radius 2 is 2.33 bits per heavy atom. The molecule has 0 aromatic heterocycles. The minimum atomic E-state index is -0.376. The molecule has 1 atom stereocenters. The monoisotopic (exact) mass is 177 g/mol. The molecule has 0 amide bonds. The minimum Gasteiger partial charge on any atom is -0.409 e. The Morgan fingerprint density at radius 1 is 1.75 bits per heavy atom. The molecule has 0 aromatic carbocycles. The minimum absolute atomic E-state index is 0.0495. The number of rotatable bonds is 5. The predicted molar refractivity (Wildman–Crippen MR) is 46.0 cm³/mol. The van der Waals surface area contributed by atoms with Gasteiger partial charge in [0.2, 0.25) is 0 Å². The van der Waals surface area contributed by atoms with Crippen molar-refractivity contribution in [1.29, 1.82) is 0 Å². The van der Waals surface area contributed by atoms with E-state index in [1.165, 1.54) is 0 Å². The van der Waals surface area contributed by atoms with Crippen molar-refractivity contribution in [2.24, 2.45) is 16.8 Å². The third-order valence-electron chi connectivity index (χ3n) is 1.67. The van der Waals surface area contributed by atoms with Crippen LogP contribution in [0.4, 0.5) is 4.39 Å². The van der Waals surface area contributed by atoms with Crippen LogP contribution < -0.4 is 5.73 Å². The molecular weight excluding hydrogens is 161 g/mol. The molecule has 0 aliphatic rings. The Kier molecular flexibility index (Phi) is 5.36. The van der Waals surface area contributed by atoms with Crippen molar-refractivity contribution in [2.75, 3.05) is 26.8 Å². The lowest BCUT2D eigenvalue weighted by Crippen LogP contribution is -2.33. The van der Waals surface area contributed by atoms with Gasteiger partial charge in [-0.3, -0.25) is 0 Å². The molecule has 0 aliphatic carbocycles. The summed E-state index contributed by atoms with van der Waals surface area (Å²) in [4.78, 5) is 1.79. The third kappa shape index (κ3) is 4.12. The Hall–Kier alpha value is -0.840. The van der Waals surface area contributed by atoms with E-state index in [9.17, 15) is 4.39 Å². The van der Waals surface area contributed by atoms with Crippen LogP contribution in [0, 0.1) is 5.92 Å². The summed E-state index contributed by atoms with van der Waals surface area (Å²) in [5.41, 5.74) is 5.34. The number of hydrogen-bond donors (Lipinski definition) is 2. The Balaban J connectivity index is 3.75. The highest BCUT2D eigenvalue weighted by Gasteiger charge is 2.09. The van der Waals surface area contributed by atoms with Gasteiger partial charge < -0.3 is 15.8 Å². The van der Waals surface area contributed by atoms with E-state index in [1.54, 1.807) is 11.9 Å². The zero-order valence-electron chi connectivity index (χ0n) is 7.50. The van der Waals surface area contributed by atoms with Crippen LogP contribution in [0.5, 0.6) is 0 Å². The van der Waals surface area contributed by atoms with Crippen molar-refractivity contribution >= 4 is 5.84 Å². The summed E-state index contributed by atoms with van der Waals surface area (Å²) in [6.07, 6.45) is 0. The standard InChI is InChI=1S/C7H16FN3O/c1-6(7(9)10-12)5-11(2)4-3-8/h6,12H,3-5H2,1-2H3,(H2,9,10). The normalized spacial score (nSPS) is 15.2. The fraction of sp³-hybridized carbons (Fsp3) is 0.857. The summed E-state index contributed by atoms with van der Waals surface area (Å²) in [7, 11) is 1.79. The van der Waals surface area contributed by atoms with Gasteiger partial charge in [-0.1, -0.05) is 12.1 Å². The zero-order chi connectivity index (χ0) is 9.56. The van der Waals surface area contributed by atoms with Crippen LogP contribution in [0.15, 0.2) is 5.16 Å². The number of amidine groups is 1. The quantitative estimate of drug-likeness (QED) is 0.274. The first-order valence-corrected chi connectivity index (χ1v) is 3.83. The first kappa shape index (κ1) is 11.2. The largest absolute Gasteiger partial charge is 0.409 e. The second kappa shape index (κ2) is 5.77. The topological polar surface area (TPSA) is 61.8 Å². The molecule has 0 heterocycles. The molecule has 5 heteroatoms. The predicted octanol–water partition coefficient (Wildman–Crippen LogP) is 0.270. The van der Waals surface area contributed by atoms with E-state index >= 15 is 0 Å². The van der Waals surface area contributed by atoms with E-state index in [-0.39, 0.29) is 18.4 Å². The van der Waals surface area contributed by atoms with E-state index in [0.29, 0.717) is 13.1 Å². The molecule has 0 spiro atoms. The van der Waals surface area contributed by atoms with E-state index in [0.717, 1.165) is 0 Å². The highest BCUT2D eigenvalue weighted by Crippen LogP contribution is 1.97. The molecule has 12 heavy (non-hydrogen) atoms. The second-order valence-electron chi connectivity index (χ2n) is 2.88. The van der Waals surface area contributed by atoms with Gasteiger partial charge in [0.15, 0.2) is 0 Å². The fourth-order valence-corrected chi connectivity index (χ4v) is 0.895. The SMILES string of the molecule is CC(CN(C)CCF)C(N)=NO. The van der Waals surface area contributed by atoms with Crippen molar-refractivity contribution in [3.8, 4) is 0 Å². The number of oxime groups is 1. The molecule has 72 valence electrons. The summed E-state index contributed by atoms with van der Waals surface area (Å²) in [5, 5.41) is 11.2. The number of alkyl halides is 1. The molecule has 0 rings (SSSR count). The molecule has 0 saturated carbocycles. The smallest absolute Gasteiger partial charge is 0.143 e.